The van der Waals surface area contributed by atoms with Crippen LogP contribution < -0.4 is 0 Å². The molecule has 19 heavy (non-hydrogen) atoms. The van der Waals surface area contributed by atoms with Crippen molar-refractivity contribution in [1.29, 1.82) is 0 Å². The van der Waals surface area contributed by atoms with Gasteiger partial charge in [-0.25, -0.2) is 4.79 Å². The topological polar surface area (TPSA) is 56.5 Å². The number of methoxy groups -OCH3 is 1. The summed E-state index contributed by atoms with van der Waals surface area (Å²) in [6.45, 7) is 1.88. The predicted molar refractivity (Wildman–Crippen MR) is 69.7 cm³/mol. The summed E-state index contributed by atoms with van der Waals surface area (Å²) in [5.41, 5.74) is 1.29. The first-order valence-electron chi connectivity index (χ1n) is 5.52. The number of esters is 1. The highest BCUT2D eigenvalue weighted by Gasteiger charge is 2.19. The van der Waals surface area contributed by atoms with Crippen molar-refractivity contribution >= 4 is 23.4 Å². The van der Waals surface area contributed by atoms with E-state index in [9.17, 15) is 9.59 Å². The summed E-state index contributed by atoms with van der Waals surface area (Å²) < 4.78 is 9.66. The molecule has 0 aliphatic heterocycles. The average molecular weight is 279 g/mol. The fourth-order valence-electron chi connectivity index (χ4n) is 1.61. The molecule has 0 N–H and O–H groups in total. The minimum atomic E-state index is -0.631. The Morgan fingerprint density at radius 3 is 2.47 bits per heavy atom. The minimum Gasteiger partial charge on any atom is -0.463 e. The average Bonchev–Trinajstić information content (AvgIpc) is 2.86. The molecule has 0 atom stereocenters. The molecule has 0 amide bonds. The van der Waals surface area contributed by atoms with Crippen molar-refractivity contribution < 1.29 is 18.7 Å². The third-order valence-corrected chi connectivity index (χ3v) is 2.90. The van der Waals surface area contributed by atoms with E-state index < -0.39 is 5.97 Å². The van der Waals surface area contributed by atoms with Crippen molar-refractivity contribution in [2.45, 2.75) is 6.92 Å². The first kappa shape index (κ1) is 13.4. The van der Waals surface area contributed by atoms with Crippen molar-refractivity contribution in [2.75, 3.05) is 7.11 Å². The summed E-state index contributed by atoms with van der Waals surface area (Å²) in [7, 11) is 1.24. The van der Waals surface area contributed by atoms with Crippen LogP contribution in [0, 0.1) is 6.92 Å². The van der Waals surface area contributed by atoms with Gasteiger partial charge in [-0.3, -0.25) is 4.79 Å². The molecule has 1 heterocycles. The number of hydrogen-bond acceptors (Lipinski definition) is 4. The third kappa shape index (κ3) is 2.69. The van der Waals surface area contributed by atoms with Gasteiger partial charge in [0.25, 0.3) is 0 Å². The molecular formula is C14H11ClO4. The minimum absolute atomic E-state index is 0.0194. The van der Waals surface area contributed by atoms with Crippen LogP contribution >= 0.6 is 11.6 Å². The number of ether oxygens (including phenoxy) is 1. The molecule has 2 aromatic rings. The van der Waals surface area contributed by atoms with E-state index in [1.165, 1.54) is 19.2 Å². The van der Waals surface area contributed by atoms with Crippen LogP contribution in [-0.4, -0.2) is 18.9 Å². The highest BCUT2D eigenvalue weighted by Crippen LogP contribution is 2.22. The SMILES string of the molecule is COC(=O)c1ccc(C(=O)c2ccc(C)cc2Cl)o1. The molecule has 0 aliphatic carbocycles. The summed E-state index contributed by atoms with van der Waals surface area (Å²) in [5.74, 6) is -0.977. The second-order valence-electron chi connectivity index (χ2n) is 3.97. The predicted octanol–water partition coefficient (Wildman–Crippen LogP) is 3.26. The molecule has 0 fully saturated rings. The lowest BCUT2D eigenvalue weighted by molar-refractivity contribution is 0.0563. The summed E-state index contributed by atoms with van der Waals surface area (Å²) in [6.07, 6.45) is 0. The Bertz CT molecular complexity index is 643. The molecular weight excluding hydrogens is 268 g/mol. The van der Waals surface area contributed by atoms with Crippen LogP contribution in [0.15, 0.2) is 34.7 Å². The lowest BCUT2D eigenvalue weighted by atomic mass is 10.1. The van der Waals surface area contributed by atoms with E-state index in [0.29, 0.717) is 10.6 Å². The molecule has 4 nitrogen and oxygen atoms in total. The van der Waals surface area contributed by atoms with Gasteiger partial charge >= 0.3 is 5.97 Å². The molecule has 1 aromatic heterocycles. The number of rotatable bonds is 3. The fourth-order valence-corrected chi connectivity index (χ4v) is 1.93. The van der Waals surface area contributed by atoms with E-state index in [1.807, 2.05) is 6.92 Å². The number of carbonyl (C=O) groups excluding carboxylic acids is 2. The highest BCUT2D eigenvalue weighted by atomic mass is 35.5. The van der Waals surface area contributed by atoms with Crippen LogP contribution in [0.3, 0.4) is 0 Å². The van der Waals surface area contributed by atoms with E-state index >= 15 is 0 Å². The molecule has 0 saturated heterocycles. The number of benzene rings is 1. The van der Waals surface area contributed by atoms with Crippen LogP contribution in [-0.2, 0) is 4.74 Å². The Hall–Kier alpha value is -2.07. The van der Waals surface area contributed by atoms with Gasteiger partial charge in [0.1, 0.15) is 0 Å². The Morgan fingerprint density at radius 1 is 1.16 bits per heavy atom. The lowest BCUT2D eigenvalue weighted by Crippen LogP contribution is -2.02. The number of furan rings is 1. The van der Waals surface area contributed by atoms with Crippen LogP contribution in [0.2, 0.25) is 5.02 Å². The Balaban J connectivity index is 2.34. The highest BCUT2D eigenvalue weighted by molar-refractivity contribution is 6.34. The largest absolute Gasteiger partial charge is 0.463 e. The fraction of sp³-hybridized carbons (Fsp3) is 0.143. The Morgan fingerprint density at radius 2 is 1.84 bits per heavy atom. The van der Waals surface area contributed by atoms with Gasteiger partial charge in [-0.15, -0.1) is 0 Å². The van der Waals surface area contributed by atoms with E-state index in [1.54, 1.807) is 18.2 Å². The van der Waals surface area contributed by atoms with E-state index in [0.717, 1.165) is 5.56 Å². The zero-order chi connectivity index (χ0) is 14.0. The molecule has 0 aliphatic rings. The van der Waals surface area contributed by atoms with Crippen LogP contribution in [0.5, 0.6) is 0 Å². The second kappa shape index (κ2) is 5.28. The lowest BCUT2D eigenvalue weighted by Gasteiger charge is -2.02. The van der Waals surface area contributed by atoms with Crippen LogP contribution in [0.1, 0.15) is 32.2 Å². The molecule has 5 heteroatoms. The third-order valence-electron chi connectivity index (χ3n) is 2.59. The molecule has 0 spiro atoms. The van der Waals surface area contributed by atoms with Crippen molar-refractivity contribution in [3.63, 3.8) is 0 Å². The normalized spacial score (nSPS) is 10.3. The number of halogens is 1. The number of carbonyl (C=O) groups is 2. The quantitative estimate of drug-likeness (QED) is 0.639. The number of aryl methyl sites for hydroxylation is 1. The number of ketones is 1. The van der Waals surface area contributed by atoms with Gasteiger partial charge < -0.3 is 9.15 Å². The summed E-state index contributed by atoms with van der Waals surface area (Å²) in [5, 5.41) is 0.348. The summed E-state index contributed by atoms with van der Waals surface area (Å²) in [6, 6.07) is 7.91. The van der Waals surface area contributed by atoms with E-state index in [2.05, 4.69) is 4.74 Å². The van der Waals surface area contributed by atoms with Crippen molar-refractivity contribution in [2.24, 2.45) is 0 Å². The van der Waals surface area contributed by atoms with E-state index in [4.69, 9.17) is 16.0 Å². The maximum absolute atomic E-state index is 12.2. The molecule has 0 bridgehead atoms. The molecule has 98 valence electrons. The van der Waals surface area contributed by atoms with Gasteiger partial charge in [0.05, 0.1) is 12.1 Å². The maximum Gasteiger partial charge on any atom is 0.373 e. The van der Waals surface area contributed by atoms with Crippen LogP contribution in [0.25, 0.3) is 0 Å². The van der Waals surface area contributed by atoms with Crippen molar-refractivity contribution in [3.05, 3.63) is 58.0 Å². The maximum atomic E-state index is 12.2. The molecule has 0 saturated carbocycles. The number of hydrogen-bond donors (Lipinski definition) is 0. The van der Waals surface area contributed by atoms with Crippen LogP contribution in [0.4, 0.5) is 0 Å². The van der Waals surface area contributed by atoms with Crippen molar-refractivity contribution in [3.8, 4) is 0 Å². The first-order chi connectivity index (χ1) is 9.02. The molecule has 0 radical (unpaired) electrons. The summed E-state index contributed by atoms with van der Waals surface area (Å²) >= 11 is 6.02. The zero-order valence-corrected chi connectivity index (χ0v) is 11.2. The van der Waals surface area contributed by atoms with E-state index in [-0.39, 0.29) is 17.3 Å². The molecule has 2 rings (SSSR count). The monoisotopic (exact) mass is 278 g/mol. The standard InChI is InChI=1S/C14H11ClO4/c1-8-3-4-9(10(15)7-8)13(16)11-5-6-12(19-11)14(17)18-2/h3-7H,1-2H3. The van der Waals surface area contributed by atoms with Gasteiger partial charge in [-0.2, -0.15) is 0 Å². The Labute approximate surface area is 114 Å². The molecule has 1 aromatic carbocycles. The zero-order valence-electron chi connectivity index (χ0n) is 10.4. The smallest absolute Gasteiger partial charge is 0.373 e. The van der Waals surface area contributed by atoms with Gasteiger partial charge in [0.2, 0.25) is 11.5 Å². The van der Waals surface area contributed by atoms with Crippen molar-refractivity contribution in [1.82, 2.24) is 0 Å². The second-order valence-corrected chi connectivity index (χ2v) is 4.38. The molecule has 0 unspecified atom stereocenters. The van der Waals surface area contributed by atoms with Gasteiger partial charge in [-0.05, 0) is 36.8 Å². The Kier molecular flexibility index (Phi) is 3.71. The first-order valence-corrected chi connectivity index (χ1v) is 5.89. The van der Waals surface area contributed by atoms with Gasteiger partial charge in [0, 0.05) is 5.56 Å². The summed E-state index contributed by atoms with van der Waals surface area (Å²) in [4.78, 5) is 23.4. The van der Waals surface area contributed by atoms with Gasteiger partial charge in [-0.1, -0.05) is 17.7 Å². The van der Waals surface area contributed by atoms with Gasteiger partial charge in [0.15, 0.2) is 5.76 Å².